The maximum atomic E-state index is 13.0. The summed E-state index contributed by atoms with van der Waals surface area (Å²) >= 11 is 1.67. The van der Waals surface area contributed by atoms with Crippen LogP contribution in [0.15, 0.2) is 35.8 Å². The van der Waals surface area contributed by atoms with Crippen molar-refractivity contribution in [2.75, 3.05) is 26.2 Å². The van der Waals surface area contributed by atoms with Gasteiger partial charge in [-0.05, 0) is 55.9 Å². The lowest BCUT2D eigenvalue weighted by Crippen LogP contribution is -2.43. The van der Waals surface area contributed by atoms with Gasteiger partial charge in [0.05, 0.1) is 16.1 Å². The van der Waals surface area contributed by atoms with Crippen LogP contribution in [0.2, 0.25) is 0 Å². The van der Waals surface area contributed by atoms with Crippen LogP contribution in [0.25, 0.3) is 10.6 Å². The molecule has 4 nitrogen and oxygen atoms in total. The first-order valence-electron chi connectivity index (χ1n) is 9.26. The first kappa shape index (κ1) is 18.1. The van der Waals surface area contributed by atoms with E-state index in [9.17, 15) is 4.79 Å². The summed E-state index contributed by atoms with van der Waals surface area (Å²) in [6, 6.07) is 8.28. The molecule has 3 heterocycles. The van der Waals surface area contributed by atoms with Gasteiger partial charge in [-0.15, -0.1) is 11.3 Å². The molecule has 1 fully saturated rings. The highest BCUT2D eigenvalue weighted by atomic mass is 32.1. The lowest BCUT2D eigenvalue weighted by molar-refractivity contribution is 0.0701. The van der Waals surface area contributed by atoms with E-state index in [1.165, 1.54) is 0 Å². The molecule has 0 saturated carbocycles. The van der Waals surface area contributed by atoms with Crippen molar-refractivity contribution in [3.63, 3.8) is 0 Å². The third kappa shape index (κ3) is 4.28. The highest BCUT2D eigenvalue weighted by Gasteiger charge is 2.30. The van der Waals surface area contributed by atoms with E-state index in [4.69, 9.17) is 0 Å². The van der Waals surface area contributed by atoms with E-state index >= 15 is 0 Å². The molecule has 5 heteroatoms. The summed E-state index contributed by atoms with van der Waals surface area (Å²) in [5.41, 5.74) is 1.63. The monoisotopic (exact) mass is 357 g/mol. The summed E-state index contributed by atoms with van der Waals surface area (Å²) in [6.07, 6.45) is 5.09. The molecule has 134 valence electrons. The van der Waals surface area contributed by atoms with Gasteiger partial charge in [0.2, 0.25) is 0 Å². The zero-order chi connectivity index (χ0) is 17.6. The van der Waals surface area contributed by atoms with Gasteiger partial charge in [-0.3, -0.25) is 9.78 Å². The number of aromatic nitrogens is 1. The minimum absolute atomic E-state index is 0.125. The van der Waals surface area contributed by atoms with E-state index < -0.39 is 0 Å². The van der Waals surface area contributed by atoms with E-state index in [1.54, 1.807) is 17.5 Å². The zero-order valence-electron chi connectivity index (χ0n) is 15.1. The molecule has 0 aliphatic carbocycles. The number of nitrogens with zero attached hydrogens (tertiary/aromatic N) is 3. The van der Waals surface area contributed by atoms with Gasteiger partial charge in [-0.1, -0.05) is 19.9 Å². The van der Waals surface area contributed by atoms with E-state index in [0.29, 0.717) is 11.6 Å². The van der Waals surface area contributed by atoms with Crippen LogP contribution in [0.1, 0.15) is 43.5 Å². The topological polar surface area (TPSA) is 36.4 Å². The Balaban J connectivity index is 1.68. The molecule has 0 N–H and O–H groups in total. The molecule has 1 atom stereocenters. The Labute approximate surface area is 154 Å². The van der Waals surface area contributed by atoms with E-state index in [0.717, 1.165) is 56.0 Å². The minimum atomic E-state index is 0.125. The highest BCUT2D eigenvalue weighted by Crippen LogP contribution is 2.24. The zero-order valence-corrected chi connectivity index (χ0v) is 16.0. The van der Waals surface area contributed by atoms with Gasteiger partial charge in [-0.2, -0.15) is 0 Å². The Hall–Kier alpha value is -1.72. The summed E-state index contributed by atoms with van der Waals surface area (Å²) in [7, 11) is 0. The van der Waals surface area contributed by atoms with E-state index in [2.05, 4.69) is 34.7 Å². The maximum absolute atomic E-state index is 13.0. The van der Waals surface area contributed by atoms with Crippen LogP contribution < -0.4 is 0 Å². The number of thiophene rings is 1. The summed E-state index contributed by atoms with van der Waals surface area (Å²) in [6.45, 7) is 8.40. The molecular formula is C20H27N3OS. The molecule has 1 amide bonds. The van der Waals surface area contributed by atoms with Crippen molar-refractivity contribution < 1.29 is 4.79 Å². The second-order valence-electron chi connectivity index (χ2n) is 6.60. The molecule has 1 saturated heterocycles. The number of likely N-dealkylation sites (tertiary alicyclic amines) is 1. The SMILES string of the molecule is CCCN(CC)CC1CCCN1C(=O)c1ccc(-c2cccs2)nc1. The molecule has 0 aromatic carbocycles. The Morgan fingerprint density at radius 3 is 2.88 bits per heavy atom. The Morgan fingerprint density at radius 1 is 1.36 bits per heavy atom. The number of rotatable bonds is 7. The fraction of sp³-hybridized carbons (Fsp3) is 0.500. The number of carbonyl (C=O) groups is 1. The summed E-state index contributed by atoms with van der Waals surface area (Å²) in [4.78, 5) is 23.1. The summed E-state index contributed by atoms with van der Waals surface area (Å²) in [5, 5.41) is 2.04. The van der Waals surface area contributed by atoms with Crippen LogP contribution in [0, 0.1) is 0 Å². The van der Waals surface area contributed by atoms with Crippen molar-refractivity contribution in [3.05, 3.63) is 41.4 Å². The van der Waals surface area contributed by atoms with Gasteiger partial charge in [0, 0.05) is 25.3 Å². The van der Waals surface area contributed by atoms with Crippen LogP contribution in [0.4, 0.5) is 0 Å². The third-order valence-electron chi connectivity index (χ3n) is 4.88. The fourth-order valence-electron chi connectivity index (χ4n) is 3.54. The molecule has 1 aliphatic heterocycles. The number of likely N-dealkylation sites (N-methyl/N-ethyl adjacent to an activating group) is 1. The third-order valence-corrected chi connectivity index (χ3v) is 5.77. The first-order valence-corrected chi connectivity index (χ1v) is 10.1. The predicted molar refractivity (Wildman–Crippen MR) is 104 cm³/mol. The maximum Gasteiger partial charge on any atom is 0.255 e. The lowest BCUT2D eigenvalue weighted by Gasteiger charge is -2.30. The van der Waals surface area contributed by atoms with Gasteiger partial charge in [0.25, 0.3) is 5.91 Å². The van der Waals surface area contributed by atoms with Crippen LogP contribution in [0.5, 0.6) is 0 Å². The largest absolute Gasteiger partial charge is 0.334 e. The van der Waals surface area contributed by atoms with Crippen molar-refractivity contribution in [2.45, 2.75) is 39.2 Å². The normalized spacial score (nSPS) is 17.4. The van der Waals surface area contributed by atoms with Gasteiger partial charge < -0.3 is 9.80 Å². The molecule has 1 unspecified atom stereocenters. The molecule has 0 radical (unpaired) electrons. The molecule has 0 bridgehead atoms. The number of carbonyl (C=O) groups excluding carboxylic acids is 1. The molecule has 3 rings (SSSR count). The average Bonchev–Trinajstić information content (AvgIpc) is 3.33. The number of amides is 1. The number of pyridine rings is 1. The van der Waals surface area contributed by atoms with Crippen molar-refractivity contribution in [3.8, 4) is 10.6 Å². The predicted octanol–water partition coefficient (Wildman–Crippen LogP) is 4.15. The van der Waals surface area contributed by atoms with Crippen molar-refractivity contribution in [1.29, 1.82) is 0 Å². The van der Waals surface area contributed by atoms with Gasteiger partial charge in [0.15, 0.2) is 0 Å². The first-order chi connectivity index (χ1) is 12.2. The molecular weight excluding hydrogens is 330 g/mol. The van der Waals surface area contributed by atoms with Crippen molar-refractivity contribution in [1.82, 2.24) is 14.8 Å². The van der Waals surface area contributed by atoms with Crippen molar-refractivity contribution >= 4 is 17.2 Å². The van der Waals surface area contributed by atoms with E-state index in [-0.39, 0.29) is 5.91 Å². The number of hydrogen-bond acceptors (Lipinski definition) is 4. The quantitative estimate of drug-likeness (QED) is 0.747. The van der Waals surface area contributed by atoms with Crippen molar-refractivity contribution in [2.24, 2.45) is 0 Å². The molecule has 25 heavy (non-hydrogen) atoms. The lowest BCUT2D eigenvalue weighted by atomic mass is 10.1. The van der Waals surface area contributed by atoms with Gasteiger partial charge in [-0.25, -0.2) is 0 Å². The van der Waals surface area contributed by atoms with E-state index in [1.807, 2.05) is 23.6 Å². The summed E-state index contributed by atoms with van der Waals surface area (Å²) < 4.78 is 0. The van der Waals surface area contributed by atoms with Crippen LogP contribution in [-0.4, -0.2) is 52.9 Å². The molecule has 0 spiro atoms. The Bertz CT molecular complexity index is 669. The van der Waals surface area contributed by atoms with Gasteiger partial charge >= 0.3 is 0 Å². The Kier molecular flexibility index (Phi) is 6.21. The average molecular weight is 358 g/mol. The molecule has 2 aromatic rings. The van der Waals surface area contributed by atoms with Crippen LogP contribution in [-0.2, 0) is 0 Å². The molecule has 1 aliphatic rings. The summed E-state index contributed by atoms with van der Waals surface area (Å²) in [5.74, 6) is 0.125. The van der Waals surface area contributed by atoms with Gasteiger partial charge in [0.1, 0.15) is 0 Å². The highest BCUT2D eigenvalue weighted by molar-refractivity contribution is 7.13. The second-order valence-corrected chi connectivity index (χ2v) is 7.54. The molecule has 2 aromatic heterocycles. The minimum Gasteiger partial charge on any atom is -0.334 e. The fourth-order valence-corrected chi connectivity index (χ4v) is 4.24. The second kappa shape index (κ2) is 8.59. The Morgan fingerprint density at radius 2 is 2.24 bits per heavy atom. The smallest absolute Gasteiger partial charge is 0.255 e. The van der Waals surface area contributed by atoms with Crippen LogP contribution in [0.3, 0.4) is 0 Å². The standard InChI is InChI=1S/C20H27N3OS/c1-3-11-22(4-2)15-17-7-5-12-23(17)20(24)16-9-10-18(21-14-16)19-8-6-13-25-19/h6,8-10,13-14,17H,3-5,7,11-12,15H2,1-2H3. The van der Waals surface area contributed by atoms with Crippen LogP contribution >= 0.6 is 11.3 Å². The number of hydrogen-bond donors (Lipinski definition) is 0.